The molecule has 9 nitrogen and oxygen atoms in total. The van der Waals surface area contributed by atoms with Gasteiger partial charge in [-0.2, -0.15) is 13.2 Å². The van der Waals surface area contributed by atoms with Gasteiger partial charge in [-0.1, -0.05) is 18.9 Å². The van der Waals surface area contributed by atoms with Crippen molar-refractivity contribution < 1.29 is 31.9 Å². The number of halogens is 4. The van der Waals surface area contributed by atoms with Crippen LogP contribution in [0.4, 0.5) is 17.6 Å². The highest BCUT2D eigenvalue weighted by molar-refractivity contribution is 5.94. The molecular formula is C23H26F4N6O3. The summed E-state index contributed by atoms with van der Waals surface area (Å²) in [6.45, 7) is -0.501. The van der Waals surface area contributed by atoms with Crippen LogP contribution in [0.15, 0.2) is 18.2 Å². The van der Waals surface area contributed by atoms with Gasteiger partial charge >= 0.3 is 6.18 Å². The first-order valence-corrected chi connectivity index (χ1v) is 11.8. The van der Waals surface area contributed by atoms with Gasteiger partial charge in [0, 0.05) is 19.1 Å². The van der Waals surface area contributed by atoms with Crippen LogP contribution in [0, 0.1) is 17.7 Å². The van der Waals surface area contributed by atoms with E-state index >= 15 is 0 Å². The highest BCUT2D eigenvalue weighted by atomic mass is 19.4. The molecule has 2 fully saturated rings. The van der Waals surface area contributed by atoms with Crippen LogP contribution >= 0.6 is 0 Å². The van der Waals surface area contributed by atoms with Crippen LogP contribution in [-0.2, 0) is 28.7 Å². The standard InChI is InChI=1S/C23H26F4N6O3/c1-36-19-11-32(10-18-29-31-22(33(18)19)23(25,26)27)21(35)15-8-12(6-7-16(15)24)9-17-13-4-2-3-5-14(13)20(34)30-28-17/h6-8,13-14,17,19,28H,2-5,9-11H2,1H3,(H,30,34). The number of ether oxygens (including phenoxy) is 1. The Bertz CT molecular complexity index is 1170. The molecule has 2 N–H and O–H groups in total. The minimum atomic E-state index is -4.74. The molecule has 4 atom stereocenters. The second-order valence-electron chi connectivity index (χ2n) is 9.50. The Balaban J connectivity index is 1.36. The normalized spacial score (nSPS) is 26.2. The number of nitrogens with zero attached hydrogens (tertiary/aromatic N) is 4. The number of benzene rings is 1. The summed E-state index contributed by atoms with van der Waals surface area (Å²) in [5.74, 6) is -2.65. The molecule has 194 valence electrons. The van der Waals surface area contributed by atoms with Crippen LogP contribution < -0.4 is 10.9 Å². The van der Waals surface area contributed by atoms with Crippen molar-refractivity contribution >= 4 is 11.8 Å². The van der Waals surface area contributed by atoms with Crippen LogP contribution in [0.1, 0.15) is 59.5 Å². The lowest BCUT2D eigenvalue weighted by molar-refractivity contribution is -0.153. The second-order valence-corrected chi connectivity index (χ2v) is 9.50. The average molecular weight is 510 g/mol. The van der Waals surface area contributed by atoms with Crippen LogP contribution in [0.25, 0.3) is 0 Å². The summed E-state index contributed by atoms with van der Waals surface area (Å²) in [4.78, 5) is 26.7. The summed E-state index contributed by atoms with van der Waals surface area (Å²) in [6, 6.07) is 4.22. The highest BCUT2D eigenvalue weighted by Gasteiger charge is 2.43. The van der Waals surface area contributed by atoms with Crippen molar-refractivity contribution in [3.63, 3.8) is 0 Å². The van der Waals surface area contributed by atoms with Gasteiger partial charge in [0.1, 0.15) is 5.82 Å². The van der Waals surface area contributed by atoms with Gasteiger partial charge in [0.15, 0.2) is 12.1 Å². The molecule has 2 amide bonds. The number of methoxy groups -OCH3 is 1. The molecule has 2 aromatic rings. The number of nitrogens with one attached hydrogen (secondary N) is 2. The molecule has 2 aliphatic heterocycles. The lowest BCUT2D eigenvalue weighted by Gasteiger charge is -2.41. The zero-order valence-corrected chi connectivity index (χ0v) is 19.5. The van der Waals surface area contributed by atoms with Crippen LogP contribution in [0.3, 0.4) is 0 Å². The number of alkyl halides is 3. The molecule has 0 spiro atoms. The number of fused-ring (bicyclic) bond motifs is 2. The van der Waals surface area contributed by atoms with E-state index in [-0.39, 0.29) is 48.3 Å². The van der Waals surface area contributed by atoms with E-state index < -0.39 is 30.0 Å². The first-order valence-electron chi connectivity index (χ1n) is 11.8. The van der Waals surface area contributed by atoms with Gasteiger partial charge in [0.25, 0.3) is 5.91 Å². The smallest absolute Gasteiger partial charge is 0.359 e. The molecule has 1 saturated heterocycles. The molecule has 0 radical (unpaired) electrons. The van der Waals surface area contributed by atoms with Crippen molar-refractivity contribution in [1.29, 1.82) is 0 Å². The number of amides is 2. The van der Waals surface area contributed by atoms with E-state index in [1.807, 2.05) is 0 Å². The third-order valence-corrected chi connectivity index (χ3v) is 7.35. The summed E-state index contributed by atoms with van der Waals surface area (Å²) < 4.78 is 60.7. The minimum absolute atomic E-state index is 0.00903. The Morgan fingerprint density at radius 2 is 2.00 bits per heavy atom. The summed E-state index contributed by atoms with van der Waals surface area (Å²) in [6.07, 6.45) is -1.64. The van der Waals surface area contributed by atoms with Gasteiger partial charge < -0.3 is 9.64 Å². The van der Waals surface area contributed by atoms with Gasteiger partial charge in [-0.3, -0.25) is 19.6 Å². The Labute approximate surface area is 204 Å². The van der Waals surface area contributed by atoms with Gasteiger partial charge in [-0.05, 0) is 42.9 Å². The fourth-order valence-corrected chi connectivity index (χ4v) is 5.59. The molecule has 3 aliphatic rings. The lowest BCUT2D eigenvalue weighted by atomic mass is 9.72. The summed E-state index contributed by atoms with van der Waals surface area (Å²) in [5.41, 5.74) is 6.33. The van der Waals surface area contributed by atoms with Gasteiger partial charge in [-0.25, -0.2) is 9.82 Å². The Morgan fingerprint density at radius 3 is 2.75 bits per heavy atom. The fraction of sp³-hybridized carbons (Fsp3) is 0.565. The van der Waals surface area contributed by atoms with Crippen molar-refractivity contribution in [2.75, 3.05) is 13.7 Å². The first-order chi connectivity index (χ1) is 17.2. The van der Waals surface area contributed by atoms with E-state index in [1.165, 1.54) is 24.1 Å². The molecule has 1 aliphatic carbocycles. The largest absolute Gasteiger partial charge is 0.451 e. The third-order valence-electron chi connectivity index (χ3n) is 7.35. The number of rotatable bonds is 4. The number of carbonyl (C=O) groups excluding carboxylic acids is 2. The maximum atomic E-state index is 14.8. The number of hydrogen-bond donors (Lipinski definition) is 2. The predicted molar refractivity (Wildman–Crippen MR) is 116 cm³/mol. The van der Waals surface area contributed by atoms with E-state index in [2.05, 4.69) is 21.0 Å². The molecule has 1 aromatic heterocycles. The van der Waals surface area contributed by atoms with E-state index in [1.54, 1.807) is 6.07 Å². The van der Waals surface area contributed by atoms with Gasteiger partial charge in [0.2, 0.25) is 11.7 Å². The van der Waals surface area contributed by atoms with Crippen molar-refractivity contribution in [3.8, 4) is 0 Å². The maximum Gasteiger partial charge on any atom is 0.451 e. The lowest BCUT2D eigenvalue weighted by Crippen LogP contribution is -2.60. The molecule has 3 heterocycles. The molecule has 0 bridgehead atoms. The number of aromatic nitrogens is 3. The summed E-state index contributed by atoms with van der Waals surface area (Å²) in [5, 5.41) is 6.82. The molecular weight excluding hydrogens is 484 g/mol. The highest BCUT2D eigenvalue weighted by Crippen LogP contribution is 2.36. The minimum Gasteiger partial charge on any atom is -0.359 e. The Kier molecular flexibility index (Phi) is 6.45. The van der Waals surface area contributed by atoms with Crippen molar-refractivity contribution in [1.82, 2.24) is 30.5 Å². The molecule has 5 rings (SSSR count). The van der Waals surface area contributed by atoms with Crippen LogP contribution in [0.5, 0.6) is 0 Å². The second kappa shape index (κ2) is 9.43. The predicted octanol–water partition coefficient (Wildman–Crippen LogP) is 2.59. The van der Waals surface area contributed by atoms with Crippen LogP contribution in [-0.4, -0.2) is 51.2 Å². The van der Waals surface area contributed by atoms with E-state index in [0.29, 0.717) is 12.0 Å². The Morgan fingerprint density at radius 1 is 1.22 bits per heavy atom. The van der Waals surface area contributed by atoms with Crippen molar-refractivity contribution in [2.45, 2.75) is 57.1 Å². The molecule has 1 aromatic carbocycles. The fourth-order valence-electron chi connectivity index (χ4n) is 5.59. The van der Waals surface area contributed by atoms with Gasteiger partial charge in [0.05, 0.1) is 18.7 Å². The molecule has 36 heavy (non-hydrogen) atoms. The monoisotopic (exact) mass is 510 g/mol. The van der Waals surface area contributed by atoms with Gasteiger partial charge in [-0.15, -0.1) is 10.2 Å². The summed E-state index contributed by atoms with van der Waals surface area (Å²) >= 11 is 0. The third kappa shape index (κ3) is 4.45. The Hall–Kier alpha value is -3.06. The first kappa shape index (κ1) is 24.6. The number of hydrogen-bond acceptors (Lipinski definition) is 6. The van der Waals surface area contributed by atoms with Crippen molar-refractivity contribution in [3.05, 3.63) is 46.8 Å². The molecule has 1 saturated carbocycles. The maximum absolute atomic E-state index is 14.8. The zero-order valence-electron chi connectivity index (χ0n) is 19.5. The number of hydrazine groups is 1. The quantitative estimate of drug-likeness (QED) is 0.614. The van der Waals surface area contributed by atoms with Crippen molar-refractivity contribution in [2.24, 2.45) is 11.8 Å². The average Bonchev–Trinajstić information content (AvgIpc) is 3.31. The molecule has 13 heteroatoms. The zero-order chi connectivity index (χ0) is 25.6. The van der Waals surface area contributed by atoms with E-state index in [0.717, 1.165) is 30.3 Å². The SMILES string of the molecule is COC1CN(C(=O)c2cc(CC3NNC(=O)C4CCCCC34)ccc2F)Cc2nnc(C(F)(F)F)n21. The van der Waals surface area contributed by atoms with Crippen LogP contribution in [0.2, 0.25) is 0 Å². The number of carbonyl (C=O) groups is 2. The van der Waals surface area contributed by atoms with E-state index in [9.17, 15) is 27.2 Å². The molecule has 4 unspecified atom stereocenters. The topological polar surface area (TPSA) is 101 Å². The van der Waals surface area contributed by atoms with E-state index in [4.69, 9.17) is 4.74 Å². The summed E-state index contributed by atoms with van der Waals surface area (Å²) in [7, 11) is 1.22.